The number of nitrogens with one attached hydrogen (secondary N) is 1. The van der Waals surface area contributed by atoms with Crippen LogP contribution in [0.4, 0.5) is 15.3 Å². The fourth-order valence-electron chi connectivity index (χ4n) is 10.3. The van der Waals surface area contributed by atoms with Gasteiger partial charge in [0.15, 0.2) is 11.7 Å². The Balaban J connectivity index is 0.836. The number of para-hydroxylation sites is 1. The number of carbonyl (C=O) groups is 4. The minimum absolute atomic E-state index is 0.0192. The van der Waals surface area contributed by atoms with Gasteiger partial charge in [-0.1, -0.05) is 24.3 Å². The minimum Gasteiger partial charge on any atom is -0.464 e. The van der Waals surface area contributed by atoms with Crippen LogP contribution in [0.3, 0.4) is 0 Å². The van der Waals surface area contributed by atoms with E-state index < -0.39 is 18.0 Å². The summed E-state index contributed by atoms with van der Waals surface area (Å²) >= 11 is 0. The maximum Gasteiger partial charge on any atom is 0.419 e. The summed E-state index contributed by atoms with van der Waals surface area (Å²) in [5, 5.41) is 3.05. The Hall–Kier alpha value is -4.93. The van der Waals surface area contributed by atoms with Gasteiger partial charge in [0.2, 0.25) is 0 Å². The van der Waals surface area contributed by atoms with Gasteiger partial charge in [-0.25, -0.2) is 14.4 Å². The van der Waals surface area contributed by atoms with Crippen LogP contribution < -0.4 is 11.1 Å². The lowest BCUT2D eigenvalue weighted by Crippen LogP contribution is -2.52. The third kappa shape index (κ3) is 10.5. The largest absolute Gasteiger partial charge is 0.464 e. The zero-order chi connectivity index (χ0) is 43.2. The molecule has 4 fully saturated rings. The van der Waals surface area contributed by atoms with Gasteiger partial charge in [-0.05, 0) is 106 Å². The predicted octanol–water partition coefficient (Wildman–Crippen LogP) is 4.26. The third-order valence-corrected chi connectivity index (χ3v) is 13.9. The van der Waals surface area contributed by atoms with Crippen LogP contribution in [0.5, 0.6) is 0 Å². The molecule has 8 rings (SSSR count). The van der Waals surface area contributed by atoms with E-state index in [2.05, 4.69) is 15.1 Å². The molecule has 3 aromatic rings. The van der Waals surface area contributed by atoms with Gasteiger partial charge in [0.1, 0.15) is 6.61 Å². The molecule has 4 amide bonds. The van der Waals surface area contributed by atoms with Crippen LogP contribution in [-0.4, -0.2) is 157 Å². The molecule has 0 aliphatic carbocycles. The summed E-state index contributed by atoms with van der Waals surface area (Å²) in [5.41, 5.74) is 4.64. The molecule has 336 valence electrons. The molecule has 2 aromatic carbocycles. The fraction of sp³-hybridized carbons (Fsp3) is 0.630. The molecule has 0 radical (unpaired) electrons. The number of likely N-dealkylation sites (tertiary alicyclic amines) is 3. The SMILES string of the molecule is Cc1cc(C[C@@H](OC(=O)N2CCC(N3CCc4ccccc4NC3=O)CC2)C(=O)N2CCC(C3CCN(CCC(=O)OCCN4CCOCC4)CC3)CC2)cc2oc(=O)n(C)c12. The maximum absolute atomic E-state index is 14.4. The first-order valence-electron chi connectivity index (χ1n) is 22.8. The average molecular weight is 858 g/mol. The fourth-order valence-corrected chi connectivity index (χ4v) is 10.3. The van der Waals surface area contributed by atoms with Gasteiger partial charge in [-0.15, -0.1) is 0 Å². The number of urea groups is 1. The number of anilines is 1. The Morgan fingerprint density at radius 2 is 1.50 bits per heavy atom. The molecule has 0 saturated carbocycles. The monoisotopic (exact) mass is 857 g/mol. The molecule has 5 aliphatic heterocycles. The first kappa shape index (κ1) is 43.7. The van der Waals surface area contributed by atoms with E-state index in [0.29, 0.717) is 88.1 Å². The highest BCUT2D eigenvalue weighted by molar-refractivity contribution is 5.91. The Morgan fingerprint density at radius 3 is 2.24 bits per heavy atom. The number of piperidine rings is 3. The van der Waals surface area contributed by atoms with E-state index >= 15 is 0 Å². The molecule has 4 saturated heterocycles. The van der Waals surface area contributed by atoms with Crippen molar-refractivity contribution in [3.63, 3.8) is 0 Å². The number of fused-ring (bicyclic) bond motifs is 2. The van der Waals surface area contributed by atoms with Crippen molar-refractivity contribution < 1.29 is 37.8 Å². The number of morpholine rings is 1. The molecular formula is C46H63N7O9. The number of hydrogen-bond acceptors (Lipinski definition) is 11. The summed E-state index contributed by atoms with van der Waals surface area (Å²) in [6.45, 7) is 11.5. The van der Waals surface area contributed by atoms with Gasteiger partial charge in [-0.2, -0.15) is 0 Å². The van der Waals surface area contributed by atoms with Gasteiger partial charge in [0.05, 0.1) is 25.2 Å². The highest BCUT2D eigenvalue weighted by Gasteiger charge is 2.37. The predicted molar refractivity (Wildman–Crippen MR) is 232 cm³/mol. The van der Waals surface area contributed by atoms with Crippen molar-refractivity contribution in [2.45, 2.75) is 76.9 Å². The Kier molecular flexibility index (Phi) is 14.1. The van der Waals surface area contributed by atoms with Crippen molar-refractivity contribution in [2.75, 3.05) is 97.1 Å². The topological polar surface area (TPSA) is 159 Å². The van der Waals surface area contributed by atoms with E-state index in [4.69, 9.17) is 18.6 Å². The van der Waals surface area contributed by atoms with Crippen molar-refractivity contribution in [3.8, 4) is 0 Å². The standard InChI is InChI=1S/C46H63N7O9/c1-32-29-33(30-39-42(32)48(2)45(57)61-39)31-40(62-46(58)52-20-12-37(13-21-52)53-22-11-36-5-3-4-6-38(36)47-44(53)56)43(55)51-18-9-35(10-19-51)34-7-15-49(16-8-34)17-14-41(54)60-28-25-50-23-26-59-27-24-50/h3-6,29-30,34-35,37,40H,7-28,31H2,1-2H3,(H,47,56)/t40-/m1/s1. The number of ether oxygens (including phenoxy) is 3. The Morgan fingerprint density at radius 1 is 0.823 bits per heavy atom. The second-order valence-electron chi connectivity index (χ2n) is 17.8. The van der Waals surface area contributed by atoms with Gasteiger partial charge in [-0.3, -0.25) is 19.1 Å². The number of rotatable bonds is 12. The zero-order valence-electron chi connectivity index (χ0n) is 36.4. The lowest BCUT2D eigenvalue weighted by molar-refractivity contribution is -0.145. The highest BCUT2D eigenvalue weighted by Crippen LogP contribution is 2.33. The number of hydrogen-bond donors (Lipinski definition) is 1. The Labute approximate surface area is 363 Å². The highest BCUT2D eigenvalue weighted by atomic mass is 16.6. The number of amides is 4. The van der Waals surface area contributed by atoms with E-state index in [9.17, 15) is 24.0 Å². The van der Waals surface area contributed by atoms with Crippen molar-refractivity contribution in [1.29, 1.82) is 0 Å². The molecule has 62 heavy (non-hydrogen) atoms. The smallest absolute Gasteiger partial charge is 0.419 e. The summed E-state index contributed by atoms with van der Waals surface area (Å²) in [7, 11) is 1.66. The van der Waals surface area contributed by atoms with Crippen LogP contribution in [0.1, 0.15) is 61.6 Å². The maximum atomic E-state index is 14.4. The van der Waals surface area contributed by atoms with Crippen LogP contribution in [0.25, 0.3) is 11.1 Å². The summed E-state index contributed by atoms with van der Waals surface area (Å²) < 4.78 is 24.0. The molecule has 0 bridgehead atoms. The zero-order valence-corrected chi connectivity index (χ0v) is 36.4. The number of esters is 1. The summed E-state index contributed by atoms with van der Waals surface area (Å²) in [6.07, 6.45) is 4.81. The summed E-state index contributed by atoms with van der Waals surface area (Å²) in [5.74, 6) is 0.241. The summed E-state index contributed by atoms with van der Waals surface area (Å²) in [6, 6.07) is 11.4. The molecular weight excluding hydrogens is 795 g/mol. The van der Waals surface area contributed by atoms with Crippen LogP contribution in [0, 0.1) is 18.8 Å². The second kappa shape index (κ2) is 20.1. The quantitative estimate of drug-likeness (QED) is 0.260. The number of nitrogens with zero attached hydrogens (tertiary/aromatic N) is 6. The van der Waals surface area contributed by atoms with E-state index in [0.717, 1.165) is 100 Å². The van der Waals surface area contributed by atoms with Crippen LogP contribution in [0.15, 0.2) is 45.6 Å². The van der Waals surface area contributed by atoms with Crippen molar-refractivity contribution >= 4 is 40.8 Å². The number of benzene rings is 2. The first-order chi connectivity index (χ1) is 30.1. The van der Waals surface area contributed by atoms with Crippen molar-refractivity contribution in [3.05, 3.63) is 63.6 Å². The number of carbonyl (C=O) groups excluding carboxylic acids is 4. The lowest BCUT2D eigenvalue weighted by atomic mass is 9.78. The molecule has 16 heteroatoms. The van der Waals surface area contributed by atoms with Gasteiger partial charge >= 0.3 is 23.8 Å². The average Bonchev–Trinajstić information content (AvgIpc) is 3.47. The van der Waals surface area contributed by atoms with Crippen molar-refractivity contribution in [1.82, 2.24) is 29.1 Å². The molecule has 16 nitrogen and oxygen atoms in total. The second-order valence-corrected chi connectivity index (χ2v) is 17.8. The van der Waals surface area contributed by atoms with E-state index in [1.807, 2.05) is 47.1 Å². The molecule has 5 aliphatic rings. The van der Waals surface area contributed by atoms with E-state index in [-0.39, 0.29) is 30.4 Å². The number of aryl methyl sites for hydroxylation is 2. The lowest BCUT2D eigenvalue weighted by Gasteiger charge is -2.41. The minimum atomic E-state index is -1.06. The number of oxazole rings is 1. The summed E-state index contributed by atoms with van der Waals surface area (Å²) in [4.78, 5) is 76.3. The molecule has 1 N–H and O–H groups in total. The van der Waals surface area contributed by atoms with Gasteiger partial charge < -0.3 is 43.5 Å². The molecule has 0 unspecified atom stereocenters. The number of aromatic nitrogens is 1. The van der Waals surface area contributed by atoms with E-state index in [1.54, 1.807) is 18.0 Å². The van der Waals surface area contributed by atoms with Gasteiger partial charge in [0.25, 0.3) is 5.91 Å². The van der Waals surface area contributed by atoms with Crippen molar-refractivity contribution in [2.24, 2.45) is 18.9 Å². The van der Waals surface area contributed by atoms with Crippen LogP contribution >= 0.6 is 0 Å². The Bertz CT molecular complexity index is 2110. The van der Waals surface area contributed by atoms with Gasteiger partial charge in [0, 0.05) is 84.1 Å². The molecule has 1 atom stereocenters. The normalized spacial score (nSPS) is 20.7. The van der Waals surface area contributed by atoms with Crippen LogP contribution in [-0.2, 0) is 43.7 Å². The molecule has 0 spiro atoms. The third-order valence-electron chi connectivity index (χ3n) is 13.9. The van der Waals surface area contributed by atoms with E-state index in [1.165, 1.54) is 4.57 Å². The molecule has 6 heterocycles. The van der Waals surface area contributed by atoms with Crippen LogP contribution in [0.2, 0.25) is 0 Å². The first-order valence-corrected chi connectivity index (χ1v) is 22.8. The molecule has 1 aromatic heterocycles.